The molecule has 0 amide bonds. The highest BCUT2D eigenvalue weighted by molar-refractivity contribution is 7.92. The van der Waals surface area contributed by atoms with Gasteiger partial charge in [0.1, 0.15) is 0 Å². The van der Waals surface area contributed by atoms with Gasteiger partial charge in [-0.25, -0.2) is 8.42 Å². The largest absolute Gasteiger partial charge is 0.468 e. The van der Waals surface area contributed by atoms with E-state index in [1.807, 2.05) is 60.7 Å². The van der Waals surface area contributed by atoms with Crippen molar-refractivity contribution in [1.29, 1.82) is 0 Å². The van der Waals surface area contributed by atoms with E-state index in [9.17, 15) is 13.2 Å². The van der Waals surface area contributed by atoms with E-state index in [1.165, 1.54) is 11.5 Å². The van der Waals surface area contributed by atoms with Gasteiger partial charge in [0.15, 0.2) is 11.1 Å². The molecule has 0 bridgehead atoms. The lowest BCUT2D eigenvalue weighted by molar-refractivity contribution is -0.139. The Kier molecular flexibility index (Phi) is 6.63. The van der Waals surface area contributed by atoms with Gasteiger partial charge in [0.05, 0.1) is 19.7 Å². The Morgan fingerprint density at radius 2 is 1.60 bits per heavy atom. The molecule has 8 nitrogen and oxygen atoms in total. The van der Waals surface area contributed by atoms with Crippen LogP contribution in [-0.2, 0) is 32.3 Å². The summed E-state index contributed by atoms with van der Waals surface area (Å²) in [7, 11) is -2.98. The van der Waals surface area contributed by atoms with Crippen LogP contribution in [0.4, 0.5) is 0 Å². The third kappa shape index (κ3) is 4.58. The number of rotatable bonds is 8. The van der Waals surface area contributed by atoms with Crippen molar-refractivity contribution in [3.63, 3.8) is 0 Å². The fourth-order valence-electron chi connectivity index (χ4n) is 3.11. The summed E-state index contributed by atoms with van der Waals surface area (Å²) in [5.41, 5.74) is 8.24. The van der Waals surface area contributed by atoms with E-state index in [4.69, 9.17) is 5.73 Å². The van der Waals surface area contributed by atoms with Crippen molar-refractivity contribution in [2.45, 2.75) is 36.3 Å². The maximum absolute atomic E-state index is 13.1. The van der Waals surface area contributed by atoms with Gasteiger partial charge in [0, 0.05) is 0 Å². The minimum Gasteiger partial charge on any atom is -0.468 e. The number of sulfone groups is 1. The monoisotopic (exact) mass is 428 g/mol. The van der Waals surface area contributed by atoms with Gasteiger partial charge in [0.2, 0.25) is 9.84 Å². The summed E-state index contributed by atoms with van der Waals surface area (Å²) in [6.07, 6.45) is 0.459. The molecule has 1 heterocycles. The molecule has 9 heteroatoms. The van der Waals surface area contributed by atoms with Gasteiger partial charge in [-0.3, -0.25) is 9.36 Å². The molecule has 1 aromatic heterocycles. The molecule has 0 spiro atoms. The normalized spacial score (nSPS) is 13.6. The van der Waals surface area contributed by atoms with E-state index in [0.29, 0.717) is 12.2 Å². The van der Waals surface area contributed by atoms with Gasteiger partial charge < -0.3 is 10.5 Å². The van der Waals surface area contributed by atoms with Crippen molar-refractivity contribution in [2.75, 3.05) is 7.11 Å². The molecular weight excluding hydrogens is 404 g/mol. The molecule has 0 fully saturated rings. The standard InChI is InChI=1S/C21H24N4O4S/c1-15(20(26)29-2)30(27,28)21-24-23-19(18(22)13-16-9-5-3-6-10-16)25(21)14-17-11-7-4-8-12-17/h3-12,15,18H,13-14,22H2,1-2H3/t15?,18-/m0/s1. The van der Waals surface area contributed by atoms with E-state index in [0.717, 1.165) is 18.2 Å². The van der Waals surface area contributed by atoms with Gasteiger partial charge >= 0.3 is 5.97 Å². The number of nitrogens with zero attached hydrogens (tertiary/aromatic N) is 3. The van der Waals surface area contributed by atoms with E-state index in [-0.39, 0.29) is 11.7 Å². The van der Waals surface area contributed by atoms with Crippen LogP contribution in [0.25, 0.3) is 0 Å². The number of hydrogen-bond donors (Lipinski definition) is 1. The fraction of sp³-hybridized carbons (Fsp3) is 0.286. The number of hydrogen-bond acceptors (Lipinski definition) is 7. The first-order valence-electron chi connectivity index (χ1n) is 9.43. The number of carbonyl (C=O) groups excluding carboxylic acids is 1. The van der Waals surface area contributed by atoms with Crippen molar-refractivity contribution in [3.05, 3.63) is 77.6 Å². The molecule has 0 saturated heterocycles. The van der Waals surface area contributed by atoms with Gasteiger partial charge in [-0.05, 0) is 24.5 Å². The summed E-state index contributed by atoms with van der Waals surface area (Å²) in [5, 5.41) is 6.30. The summed E-state index contributed by atoms with van der Waals surface area (Å²) in [6, 6.07) is 18.3. The highest BCUT2D eigenvalue weighted by atomic mass is 32.2. The van der Waals surface area contributed by atoms with Crippen molar-refractivity contribution in [2.24, 2.45) is 5.73 Å². The lowest BCUT2D eigenvalue weighted by atomic mass is 10.1. The third-order valence-electron chi connectivity index (χ3n) is 4.81. The maximum Gasteiger partial charge on any atom is 0.324 e. The summed E-state index contributed by atoms with van der Waals surface area (Å²) < 4.78 is 32.2. The Morgan fingerprint density at radius 3 is 2.17 bits per heavy atom. The topological polar surface area (TPSA) is 117 Å². The van der Waals surface area contributed by atoms with E-state index in [1.54, 1.807) is 0 Å². The SMILES string of the molecule is COC(=O)C(C)S(=O)(=O)c1nnc([C@@H](N)Cc2ccccc2)n1Cc1ccccc1. The van der Waals surface area contributed by atoms with E-state index < -0.39 is 27.1 Å². The van der Waals surface area contributed by atoms with Crippen molar-refractivity contribution < 1.29 is 17.9 Å². The van der Waals surface area contributed by atoms with Crippen LogP contribution in [0.5, 0.6) is 0 Å². The molecular formula is C21H24N4O4S. The lowest BCUT2D eigenvalue weighted by Gasteiger charge is -2.16. The highest BCUT2D eigenvalue weighted by Gasteiger charge is 2.36. The number of carbonyl (C=O) groups is 1. The lowest BCUT2D eigenvalue weighted by Crippen LogP contribution is -2.31. The molecule has 0 aliphatic carbocycles. The van der Waals surface area contributed by atoms with Gasteiger partial charge in [-0.1, -0.05) is 60.7 Å². The van der Waals surface area contributed by atoms with Crippen molar-refractivity contribution >= 4 is 15.8 Å². The molecule has 0 saturated carbocycles. The van der Waals surface area contributed by atoms with Gasteiger partial charge in [-0.2, -0.15) is 0 Å². The smallest absolute Gasteiger partial charge is 0.324 e. The molecule has 158 valence electrons. The zero-order chi connectivity index (χ0) is 21.7. The second-order valence-corrected chi connectivity index (χ2v) is 9.08. The fourth-order valence-corrected chi connectivity index (χ4v) is 4.40. The van der Waals surface area contributed by atoms with Crippen LogP contribution in [0, 0.1) is 0 Å². The Labute approximate surface area is 175 Å². The van der Waals surface area contributed by atoms with Crippen LogP contribution in [-0.4, -0.2) is 41.5 Å². The first kappa shape index (κ1) is 21.7. The van der Waals surface area contributed by atoms with Crippen LogP contribution in [0.3, 0.4) is 0 Å². The molecule has 30 heavy (non-hydrogen) atoms. The third-order valence-corrected chi connectivity index (χ3v) is 6.75. The van der Waals surface area contributed by atoms with Crippen molar-refractivity contribution in [3.8, 4) is 0 Å². The average molecular weight is 429 g/mol. The number of esters is 1. The second-order valence-electron chi connectivity index (χ2n) is 6.92. The predicted molar refractivity (Wildman–Crippen MR) is 111 cm³/mol. The number of aromatic nitrogens is 3. The minimum atomic E-state index is -4.13. The molecule has 3 rings (SSSR count). The molecule has 2 aromatic carbocycles. The Morgan fingerprint density at radius 1 is 1.03 bits per heavy atom. The molecule has 3 aromatic rings. The molecule has 1 unspecified atom stereocenters. The summed E-state index contributed by atoms with van der Waals surface area (Å²) in [6.45, 7) is 1.47. The van der Waals surface area contributed by atoms with Crippen LogP contribution in [0.2, 0.25) is 0 Å². The summed E-state index contributed by atoms with van der Waals surface area (Å²) in [5.74, 6) is -0.530. The Bertz CT molecular complexity index is 1100. The Balaban J connectivity index is 2.04. The van der Waals surface area contributed by atoms with E-state index in [2.05, 4.69) is 14.9 Å². The Hall–Kier alpha value is -3.04. The molecule has 2 N–H and O–H groups in total. The average Bonchev–Trinajstić information content (AvgIpc) is 3.18. The van der Waals surface area contributed by atoms with Gasteiger partial charge in [-0.15, -0.1) is 10.2 Å². The van der Waals surface area contributed by atoms with Crippen LogP contribution in [0.15, 0.2) is 65.8 Å². The van der Waals surface area contributed by atoms with Crippen LogP contribution >= 0.6 is 0 Å². The second kappa shape index (κ2) is 9.19. The number of benzene rings is 2. The van der Waals surface area contributed by atoms with Gasteiger partial charge in [0.25, 0.3) is 5.16 Å². The maximum atomic E-state index is 13.1. The first-order chi connectivity index (χ1) is 14.3. The first-order valence-corrected chi connectivity index (χ1v) is 11.0. The molecule has 2 atom stereocenters. The zero-order valence-electron chi connectivity index (χ0n) is 16.8. The highest BCUT2D eigenvalue weighted by Crippen LogP contribution is 2.22. The van der Waals surface area contributed by atoms with Crippen LogP contribution in [0.1, 0.15) is 29.9 Å². The quantitative estimate of drug-likeness (QED) is 0.545. The van der Waals surface area contributed by atoms with Crippen molar-refractivity contribution in [1.82, 2.24) is 14.8 Å². The minimum absolute atomic E-state index is 0.202. The zero-order valence-corrected chi connectivity index (χ0v) is 17.6. The molecule has 0 radical (unpaired) electrons. The summed E-state index contributed by atoms with van der Waals surface area (Å²) >= 11 is 0. The summed E-state index contributed by atoms with van der Waals surface area (Å²) in [4.78, 5) is 11.9. The van der Waals surface area contributed by atoms with Crippen LogP contribution < -0.4 is 5.73 Å². The number of nitrogens with two attached hydrogens (primary N) is 1. The number of ether oxygens (including phenoxy) is 1. The molecule has 0 aliphatic rings. The molecule has 0 aliphatic heterocycles. The number of methoxy groups -OCH3 is 1. The predicted octanol–water partition coefficient (Wildman–Crippen LogP) is 1.90. The van der Waals surface area contributed by atoms with E-state index >= 15 is 0 Å².